The van der Waals surface area contributed by atoms with Gasteiger partial charge in [0, 0.05) is 5.69 Å². The molecule has 1 aromatic rings. The van der Waals surface area contributed by atoms with Gasteiger partial charge in [0.1, 0.15) is 0 Å². The molecule has 1 aliphatic carbocycles. The van der Waals surface area contributed by atoms with Crippen molar-refractivity contribution in [2.24, 2.45) is 5.92 Å². The predicted octanol–water partition coefficient (Wildman–Crippen LogP) is 3.48. The molecule has 2 rings (SSSR count). The van der Waals surface area contributed by atoms with Crippen LogP contribution < -0.4 is 5.32 Å². The maximum Gasteiger partial charge on any atom is 0.307 e. The number of carbonyl (C=O) groups excluding carboxylic acids is 2. The lowest BCUT2D eigenvalue weighted by atomic mass is 10.1. The Hall–Kier alpha value is -2.10. The van der Waals surface area contributed by atoms with Gasteiger partial charge in [-0.15, -0.1) is 0 Å². The minimum absolute atomic E-state index is 0.254. The lowest BCUT2D eigenvalue weighted by Crippen LogP contribution is -2.30. The van der Waals surface area contributed by atoms with E-state index in [0.717, 1.165) is 19.3 Å². The first-order chi connectivity index (χ1) is 10.6. The third-order valence-electron chi connectivity index (χ3n) is 3.85. The van der Waals surface area contributed by atoms with E-state index in [1.807, 2.05) is 30.3 Å². The molecular formula is C18H23NO3. The van der Waals surface area contributed by atoms with Crippen LogP contribution in [0.15, 0.2) is 36.4 Å². The molecule has 0 bridgehead atoms. The summed E-state index contributed by atoms with van der Waals surface area (Å²) >= 11 is 0. The molecule has 0 fully saturated rings. The number of benzene rings is 1. The number of allylic oxidation sites excluding steroid dienone is 2. The smallest absolute Gasteiger partial charge is 0.307 e. The summed E-state index contributed by atoms with van der Waals surface area (Å²) in [5, 5.41) is 2.76. The zero-order valence-electron chi connectivity index (χ0n) is 13.2. The van der Waals surface area contributed by atoms with E-state index in [9.17, 15) is 9.59 Å². The number of hydrogen-bond donors (Lipinski definition) is 1. The van der Waals surface area contributed by atoms with E-state index in [0.29, 0.717) is 12.1 Å². The molecule has 118 valence electrons. The monoisotopic (exact) mass is 301 g/mol. The quantitative estimate of drug-likeness (QED) is 0.646. The molecule has 0 radical (unpaired) electrons. The molecule has 2 atom stereocenters. The molecule has 0 aliphatic heterocycles. The van der Waals surface area contributed by atoms with Crippen molar-refractivity contribution in [1.82, 2.24) is 0 Å². The van der Waals surface area contributed by atoms with Gasteiger partial charge in [-0.1, -0.05) is 31.2 Å². The van der Waals surface area contributed by atoms with E-state index in [4.69, 9.17) is 4.74 Å². The summed E-state index contributed by atoms with van der Waals surface area (Å²) < 4.78 is 5.21. The van der Waals surface area contributed by atoms with Gasteiger partial charge in [-0.2, -0.15) is 0 Å². The van der Waals surface area contributed by atoms with Crippen molar-refractivity contribution in [1.29, 1.82) is 0 Å². The van der Waals surface area contributed by atoms with Crippen molar-refractivity contribution in [2.45, 2.75) is 45.6 Å². The van der Waals surface area contributed by atoms with Gasteiger partial charge in [0.25, 0.3) is 5.91 Å². The number of aryl methyl sites for hydroxylation is 1. The second-order valence-electron chi connectivity index (χ2n) is 5.64. The molecule has 1 aromatic carbocycles. The fraction of sp³-hybridized carbons (Fsp3) is 0.444. The molecule has 0 aromatic heterocycles. The summed E-state index contributed by atoms with van der Waals surface area (Å²) in [5.41, 5.74) is 1.92. The van der Waals surface area contributed by atoms with Gasteiger partial charge in [-0.05, 0) is 49.8 Å². The summed E-state index contributed by atoms with van der Waals surface area (Å²) in [7, 11) is 0. The number of rotatable bonds is 6. The molecule has 0 spiro atoms. The highest BCUT2D eigenvalue weighted by Crippen LogP contribution is 2.21. The van der Waals surface area contributed by atoms with Crippen molar-refractivity contribution in [3.8, 4) is 0 Å². The molecule has 4 heteroatoms. The van der Waals surface area contributed by atoms with Crippen molar-refractivity contribution < 1.29 is 14.3 Å². The van der Waals surface area contributed by atoms with E-state index in [2.05, 4.69) is 18.3 Å². The molecule has 1 aliphatic rings. The third-order valence-corrected chi connectivity index (χ3v) is 3.85. The Morgan fingerprint density at radius 1 is 1.32 bits per heavy atom. The van der Waals surface area contributed by atoms with E-state index in [1.165, 1.54) is 5.56 Å². The molecule has 1 N–H and O–H groups in total. The number of carbonyl (C=O) groups is 2. The minimum Gasteiger partial charge on any atom is -0.453 e. The summed E-state index contributed by atoms with van der Waals surface area (Å²) in [4.78, 5) is 23.9. The van der Waals surface area contributed by atoms with Gasteiger partial charge in [-0.3, -0.25) is 9.59 Å². The van der Waals surface area contributed by atoms with Crippen molar-refractivity contribution in [2.75, 3.05) is 5.32 Å². The van der Waals surface area contributed by atoms with Crippen LogP contribution in [0.1, 0.15) is 38.7 Å². The number of amides is 1. The van der Waals surface area contributed by atoms with Crippen LogP contribution in [-0.2, 0) is 20.7 Å². The standard InChI is InChI=1S/C18H23NO3/c1-3-14-8-10-16(11-9-14)19-18(21)13(2)22-17(20)12-15-6-4-5-7-15/h4,6,8-11,13,15H,3,5,7,12H2,1-2H3,(H,19,21)/t13-,15-/m1/s1. The van der Waals surface area contributed by atoms with Crippen LogP contribution in [0.2, 0.25) is 0 Å². The molecule has 1 amide bonds. The van der Waals surface area contributed by atoms with Gasteiger partial charge in [0.05, 0.1) is 6.42 Å². The summed E-state index contributed by atoms with van der Waals surface area (Å²) in [6, 6.07) is 7.65. The van der Waals surface area contributed by atoms with E-state index in [1.54, 1.807) is 6.92 Å². The first-order valence-electron chi connectivity index (χ1n) is 7.84. The van der Waals surface area contributed by atoms with Crippen LogP contribution in [0.5, 0.6) is 0 Å². The van der Waals surface area contributed by atoms with Crippen LogP contribution in [0.25, 0.3) is 0 Å². The molecule has 0 unspecified atom stereocenters. The highest BCUT2D eigenvalue weighted by Gasteiger charge is 2.21. The zero-order chi connectivity index (χ0) is 15.9. The van der Waals surface area contributed by atoms with Gasteiger partial charge in [0.2, 0.25) is 0 Å². The predicted molar refractivity (Wildman–Crippen MR) is 86.5 cm³/mol. The van der Waals surface area contributed by atoms with E-state index in [-0.39, 0.29) is 17.8 Å². The fourth-order valence-corrected chi connectivity index (χ4v) is 2.45. The number of nitrogens with one attached hydrogen (secondary N) is 1. The minimum atomic E-state index is -0.788. The average molecular weight is 301 g/mol. The first-order valence-corrected chi connectivity index (χ1v) is 7.84. The molecular weight excluding hydrogens is 278 g/mol. The highest BCUT2D eigenvalue weighted by atomic mass is 16.5. The molecule has 4 nitrogen and oxygen atoms in total. The third kappa shape index (κ3) is 4.72. The van der Waals surface area contributed by atoms with E-state index >= 15 is 0 Å². The Morgan fingerprint density at radius 3 is 2.64 bits per heavy atom. The van der Waals surface area contributed by atoms with Crippen molar-refractivity contribution >= 4 is 17.6 Å². The molecule has 22 heavy (non-hydrogen) atoms. The fourth-order valence-electron chi connectivity index (χ4n) is 2.45. The van der Waals surface area contributed by atoms with E-state index < -0.39 is 6.10 Å². The Labute approximate surface area is 131 Å². The SMILES string of the molecule is CCc1ccc(NC(=O)[C@@H](C)OC(=O)C[C@@H]2C=CCC2)cc1. The van der Waals surface area contributed by atoms with Crippen LogP contribution in [0.3, 0.4) is 0 Å². The largest absolute Gasteiger partial charge is 0.453 e. The highest BCUT2D eigenvalue weighted by molar-refractivity contribution is 5.95. The van der Waals surface area contributed by atoms with Crippen molar-refractivity contribution in [3.63, 3.8) is 0 Å². The first kappa shape index (κ1) is 16.3. The summed E-state index contributed by atoms with van der Waals surface area (Å²) in [6.07, 6.45) is 6.64. The maximum absolute atomic E-state index is 12.0. The molecule has 0 heterocycles. The Morgan fingerprint density at radius 2 is 2.05 bits per heavy atom. The van der Waals surface area contributed by atoms with Crippen LogP contribution in [0, 0.1) is 5.92 Å². The second-order valence-corrected chi connectivity index (χ2v) is 5.64. The second kappa shape index (κ2) is 7.78. The van der Waals surface area contributed by atoms with Gasteiger partial charge < -0.3 is 10.1 Å². The number of ether oxygens (including phenoxy) is 1. The van der Waals surface area contributed by atoms with Crippen LogP contribution in [0.4, 0.5) is 5.69 Å². The lowest BCUT2D eigenvalue weighted by molar-refractivity contribution is -0.153. The van der Waals surface area contributed by atoms with Crippen molar-refractivity contribution in [3.05, 3.63) is 42.0 Å². The molecule has 0 saturated carbocycles. The summed E-state index contributed by atoms with van der Waals surface area (Å²) in [5.74, 6) is -0.371. The lowest BCUT2D eigenvalue weighted by Gasteiger charge is -2.15. The van der Waals surface area contributed by atoms with Gasteiger partial charge in [-0.25, -0.2) is 0 Å². The number of hydrogen-bond acceptors (Lipinski definition) is 3. The summed E-state index contributed by atoms with van der Waals surface area (Å²) in [6.45, 7) is 3.67. The Balaban J connectivity index is 1.80. The Bertz CT molecular complexity index is 548. The maximum atomic E-state index is 12.0. The normalized spacial score (nSPS) is 18.0. The van der Waals surface area contributed by atoms with Crippen LogP contribution >= 0.6 is 0 Å². The number of esters is 1. The zero-order valence-corrected chi connectivity index (χ0v) is 13.2. The number of anilines is 1. The topological polar surface area (TPSA) is 55.4 Å². The Kier molecular flexibility index (Phi) is 5.75. The van der Waals surface area contributed by atoms with Gasteiger partial charge >= 0.3 is 5.97 Å². The van der Waals surface area contributed by atoms with Crippen LogP contribution in [-0.4, -0.2) is 18.0 Å². The van der Waals surface area contributed by atoms with Gasteiger partial charge in [0.15, 0.2) is 6.10 Å². The molecule has 0 saturated heterocycles. The average Bonchev–Trinajstić information content (AvgIpc) is 3.00.